The molecule has 0 saturated carbocycles. The van der Waals surface area contributed by atoms with Crippen molar-refractivity contribution in [2.75, 3.05) is 26.4 Å². The lowest BCUT2D eigenvalue weighted by molar-refractivity contribution is -0.153. The quantitative estimate of drug-likeness (QED) is 0.0157. The second-order valence-corrected chi connectivity index (χ2v) is 15.4. The van der Waals surface area contributed by atoms with Gasteiger partial charge >= 0.3 is 13.8 Å². The molecule has 0 aromatic carbocycles. The Balaban J connectivity index is 2.22. The summed E-state index contributed by atoms with van der Waals surface area (Å²) >= 11 is 0. The molecular formula is C45H76NO8P. The second-order valence-electron chi connectivity index (χ2n) is 13.9. The summed E-state index contributed by atoms with van der Waals surface area (Å²) < 4.78 is 38.7. The zero-order valence-corrected chi connectivity index (χ0v) is 35.2. The molecule has 3 unspecified atom stereocenters. The lowest BCUT2D eigenvalue weighted by Gasteiger charge is -2.19. The Bertz CT molecular complexity index is 1180. The predicted octanol–water partition coefficient (Wildman–Crippen LogP) is 11.9. The molecule has 1 rings (SSSR count). The Kier molecular flexibility index (Phi) is 34.0. The van der Waals surface area contributed by atoms with E-state index in [1.165, 1.54) is 57.8 Å². The van der Waals surface area contributed by atoms with Crippen LogP contribution in [0.3, 0.4) is 0 Å². The molecule has 1 saturated heterocycles. The van der Waals surface area contributed by atoms with Crippen LogP contribution in [0, 0.1) is 0 Å². The van der Waals surface area contributed by atoms with Gasteiger partial charge in [-0.1, -0.05) is 132 Å². The highest BCUT2D eigenvalue weighted by Crippen LogP contribution is 2.43. The number of hydrogen-bond donors (Lipinski definition) is 2. The first-order valence-corrected chi connectivity index (χ1v) is 22.7. The van der Waals surface area contributed by atoms with E-state index in [9.17, 15) is 14.3 Å². The van der Waals surface area contributed by atoms with Gasteiger partial charge in [-0.25, -0.2) is 4.57 Å². The van der Waals surface area contributed by atoms with Crippen molar-refractivity contribution in [3.63, 3.8) is 0 Å². The fourth-order valence-electron chi connectivity index (χ4n) is 5.55. The molecule has 0 aliphatic carbocycles. The summed E-state index contributed by atoms with van der Waals surface area (Å²) in [4.78, 5) is 22.4. The standard InChI is InChI=1S/C45H76NO8P/c1-3-5-7-8-9-10-11-12-13-14-17-20-23-26-29-33-38-50-40-42(41-52-55(48,49)51-39-37-46)53-45(47)36-32-28-25-22-19-16-15-18-21-24-27-31-35-44-43(54-44)34-30-6-4-2/h6,12-13,16,18-19,21,25,27-28,30-31,33,38,42-44H,3-5,7-11,14-15,17,20,22-24,26,29,32,34-37,39-41,46H2,1-2H3,(H,48,49)/b13-12-,19-16-,21-18-,28-25-,30-6-,31-27-,38-33+/t42-,43?,44?/m1/s1. The van der Waals surface area contributed by atoms with Crippen LogP contribution in [0.25, 0.3) is 0 Å². The zero-order valence-electron chi connectivity index (χ0n) is 34.3. The van der Waals surface area contributed by atoms with Crippen molar-refractivity contribution < 1.29 is 37.5 Å². The van der Waals surface area contributed by atoms with Gasteiger partial charge in [0.2, 0.25) is 0 Å². The molecule has 1 aliphatic heterocycles. The van der Waals surface area contributed by atoms with E-state index in [0.29, 0.717) is 18.6 Å². The van der Waals surface area contributed by atoms with Gasteiger partial charge in [-0.15, -0.1) is 0 Å². The summed E-state index contributed by atoms with van der Waals surface area (Å²) in [5.74, 6) is -0.443. The molecule has 1 heterocycles. The van der Waals surface area contributed by atoms with E-state index in [2.05, 4.69) is 74.6 Å². The van der Waals surface area contributed by atoms with Crippen molar-refractivity contribution in [1.82, 2.24) is 0 Å². The lowest BCUT2D eigenvalue weighted by Crippen LogP contribution is -2.27. The molecule has 0 aromatic rings. The molecule has 0 amide bonds. The van der Waals surface area contributed by atoms with Crippen LogP contribution in [0.15, 0.2) is 85.3 Å². The van der Waals surface area contributed by atoms with Gasteiger partial charge in [-0.05, 0) is 89.5 Å². The van der Waals surface area contributed by atoms with E-state index in [0.717, 1.165) is 64.2 Å². The van der Waals surface area contributed by atoms with Crippen LogP contribution in [-0.4, -0.2) is 55.5 Å². The van der Waals surface area contributed by atoms with Crippen LogP contribution in [-0.2, 0) is 32.6 Å². The number of rotatable bonds is 38. The molecule has 0 aromatic heterocycles. The van der Waals surface area contributed by atoms with Gasteiger partial charge in [0.05, 0.1) is 31.7 Å². The van der Waals surface area contributed by atoms with Crippen LogP contribution >= 0.6 is 7.82 Å². The highest BCUT2D eigenvalue weighted by atomic mass is 31.2. The number of ether oxygens (including phenoxy) is 3. The van der Waals surface area contributed by atoms with Crippen LogP contribution in [0.4, 0.5) is 0 Å². The normalized spacial score (nSPS) is 18.0. The SMILES string of the molecule is CC/C=C\CC1OC1C/C=C\C/C=C\C/C=C\C/C=C\CCC(=O)O[C@H](CO/C=C/CCCCCC/C=C\CCCCCCCC)COP(=O)(O)OCCN. The average Bonchev–Trinajstić information content (AvgIpc) is 3.93. The van der Waals surface area contributed by atoms with Gasteiger partial charge in [0.15, 0.2) is 6.10 Å². The van der Waals surface area contributed by atoms with E-state index < -0.39 is 19.9 Å². The summed E-state index contributed by atoms with van der Waals surface area (Å²) in [6, 6.07) is 0. The van der Waals surface area contributed by atoms with Crippen molar-refractivity contribution in [2.45, 2.75) is 167 Å². The van der Waals surface area contributed by atoms with E-state index in [1.54, 1.807) is 6.26 Å². The lowest BCUT2D eigenvalue weighted by atomic mass is 10.1. The fraction of sp³-hybridized carbons (Fsp3) is 0.667. The molecule has 314 valence electrons. The van der Waals surface area contributed by atoms with E-state index in [-0.39, 0.29) is 32.8 Å². The molecule has 55 heavy (non-hydrogen) atoms. The number of carbonyl (C=O) groups is 1. The molecule has 0 bridgehead atoms. The van der Waals surface area contributed by atoms with Gasteiger partial charge in [0.25, 0.3) is 0 Å². The Hall–Kier alpha value is -2.52. The molecular weight excluding hydrogens is 713 g/mol. The highest BCUT2D eigenvalue weighted by molar-refractivity contribution is 7.47. The number of esters is 1. The molecule has 1 aliphatic rings. The number of hydrogen-bond acceptors (Lipinski definition) is 8. The maximum Gasteiger partial charge on any atom is 0.472 e. The topological polar surface area (TPSA) is 130 Å². The number of epoxide rings is 1. The van der Waals surface area contributed by atoms with Gasteiger partial charge in [0, 0.05) is 13.0 Å². The number of phosphoric ester groups is 1. The third kappa shape index (κ3) is 34.5. The minimum Gasteiger partial charge on any atom is -0.498 e. The molecule has 9 nitrogen and oxygen atoms in total. The van der Waals surface area contributed by atoms with E-state index >= 15 is 0 Å². The number of allylic oxidation sites excluding steroid dienone is 11. The Morgan fingerprint density at radius 3 is 1.80 bits per heavy atom. The van der Waals surface area contributed by atoms with Crippen LogP contribution < -0.4 is 5.73 Å². The number of phosphoric acid groups is 1. The molecule has 0 spiro atoms. The van der Waals surface area contributed by atoms with Crippen molar-refractivity contribution in [1.29, 1.82) is 0 Å². The van der Waals surface area contributed by atoms with Crippen molar-refractivity contribution >= 4 is 13.8 Å². The molecule has 1 fully saturated rings. The third-order valence-corrected chi connectivity index (χ3v) is 9.76. The minimum atomic E-state index is -4.32. The third-order valence-electron chi connectivity index (χ3n) is 8.78. The number of carbonyl (C=O) groups excluding carboxylic acids is 1. The van der Waals surface area contributed by atoms with Gasteiger partial charge < -0.3 is 24.8 Å². The molecule has 4 atom stereocenters. The summed E-state index contributed by atoms with van der Waals surface area (Å²) in [7, 11) is -4.32. The molecule has 10 heteroatoms. The number of nitrogens with two attached hydrogens (primary N) is 1. The number of unbranched alkanes of at least 4 members (excludes halogenated alkanes) is 11. The first-order valence-electron chi connectivity index (χ1n) is 21.2. The molecule has 0 radical (unpaired) electrons. The summed E-state index contributed by atoms with van der Waals surface area (Å²) in [6.07, 6.45) is 51.7. The summed E-state index contributed by atoms with van der Waals surface area (Å²) in [5, 5.41) is 0. The smallest absolute Gasteiger partial charge is 0.472 e. The zero-order chi connectivity index (χ0) is 39.9. The van der Waals surface area contributed by atoms with Crippen molar-refractivity contribution in [3.8, 4) is 0 Å². The van der Waals surface area contributed by atoms with Gasteiger partial charge in [-0.2, -0.15) is 0 Å². The Morgan fingerprint density at radius 2 is 1.20 bits per heavy atom. The minimum absolute atomic E-state index is 0.0113. The summed E-state index contributed by atoms with van der Waals surface area (Å²) in [5.41, 5.74) is 5.35. The van der Waals surface area contributed by atoms with Crippen molar-refractivity contribution in [2.24, 2.45) is 5.73 Å². The maximum absolute atomic E-state index is 12.5. The van der Waals surface area contributed by atoms with Crippen molar-refractivity contribution in [3.05, 3.63) is 85.3 Å². The maximum atomic E-state index is 12.5. The largest absolute Gasteiger partial charge is 0.498 e. The predicted molar refractivity (Wildman–Crippen MR) is 228 cm³/mol. The van der Waals surface area contributed by atoms with Gasteiger partial charge in [-0.3, -0.25) is 13.8 Å². The average molecular weight is 790 g/mol. The second kappa shape index (κ2) is 37.1. The Morgan fingerprint density at radius 1 is 0.673 bits per heavy atom. The van der Waals surface area contributed by atoms with Gasteiger partial charge in [0.1, 0.15) is 6.61 Å². The van der Waals surface area contributed by atoms with Crippen LogP contribution in [0.5, 0.6) is 0 Å². The van der Waals surface area contributed by atoms with E-state index in [4.69, 9.17) is 29.0 Å². The fourth-order valence-corrected chi connectivity index (χ4v) is 6.32. The van der Waals surface area contributed by atoms with Crippen LogP contribution in [0.2, 0.25) is 0 Å². The first-order chi connectivity index (χ1) is 26.9. The first kappa shape index (κ1) is 50.5. The van der Waals surface area contributed by atoms with Crippen LogP contribution in [0.1, 0.15) is 149 Å². The highest BCUT2D eigenvalue weighted by Gasteiger charge is 2.36. The van der Waals surface area contributed by atoms with E-state index in [1.807, 2.05) is 18.2 Å². The molecule has 3 N–H and O–H groups in total. The summed E-state index contributed by atoms with van der Waals surface area (Å²) in [6.45, 7) is 3.99. The monoisotopic (exact) mass is 790 g/mol. The Labute approximate surface area is 334 Å².